The van der Waals surface area contributed by atoms with Crippen LogP contribution in [0.4, 0.5) is 0 Å². The summed E-state index contributed by atoms with van der Waals surface area (Å²) in [6.07, 6.45) is 3.35. The van der Waals surface area contributed by atoms with E-state index in [1.165, 1.54) is 17.6 Å². The van der Waals surface area contributed by atoms with Crippen LogP contribution in [0.5, 0.6) is 0 Å². The molecule has 4 nitrogen and oxygen atoms in total. The van der Waals surface area contributed by atoms with Crippen molar-refractivity contribution in [3.63, 3.8) is 0 Å². The van der Waals surface area contributed by atoms with Crippen LogP contribution >= 0.6 is 22.9 Å². The molecule has 0 unspecified atom stereocenters. The van der Waals surface area contributed by atoms with E-state index in [0.29, 0.717) is 5.15 Å². The van der Waals surface area contributed by atoms with Gasteiger partial charge in [0, 0.05) is 11.6 Å². The summed E-state index contributed by atoms with van der Waals surface area (Å²) in [4.78, 5) is 4.93. The van der Waals surface area contributed by atoms with E-state index in [-0.39, 0.29) is 0 Å². The van der Waals surface area contributed by atoms with Crippen molar-refractivity contribution in [1.82, 2.24) is 9.38 Å². The Kier molecular flexibility index (Phi) is 1.74. The van der Waals surface area contributed by atoms with Crippen LogP contribution in [0.15, 0.2) is 16.7 Å². The van der Waals surface area contributed by atoms with E-state index in [9.17, 15) is 0 Å². The van der Waals surface area contributed by atoms with Gasteiger partial charge in [0.2, 0.25) is 0 Å². The third-order valence-electron chi connectivity index (χ3n) is 1.45. The highest BCUT2D eigenvalue weighted by Gasteiger charge is 2.07. The van der Waals surface area contributed by atoms with E-state index >= 15 is 0 Å². The number of aromatic nitrogens is 2. The summed E-state index contributed by atoms with van der Waals surface area (Å²) in [5.41, 5.74) is 0.718. The molecule has 0 bridgehead atoms. The standard InChI is InChI=1S/C6H5ClN4S/c7-5-4(3-9-8)11-1-2-12-6(11)10-5/h1-3H,8H2/b9-3-. The first kappa shape index (κ1) is 7.57. The van der Waals surface area contributed by atoms with E-state index in [1.807, 2.05) is 16.0 Å². The van der Waals surface area contributed by atoms with Gasteiger partial charge in [0.05, 0.1) is 6.21 Å². The molecule has 0 spiro atoms. The molecule has 2 aromatic rings. The maximum Gasteiger partial charge on any atom is 0.195 e. The second-order valence-electron chi connectivity index (χ2n) is 2.12. The van der Waals surface area contributed by atoms with Gasteiger partial charge in [-0.05, 0) is 0 Å². The molecule has 0 aliphatic heterocycles. The first-order valence-electron chi connectivity index (χ1n) is 3.17. The lowest BCUT2D eigenvalue weighted by Crippen LogP contribution is -1.90. The minimum Gasteiger partial charge on any atom is -0.323 e. The van der Waals surface area contributed by atoms with Crippen molar-refractivity contribution in [1.29, 1.82) is 0 Å². The van der Waals surface area contributed by atoms with Crippen LogP contribution in [0, 0.1) is 0 Å². The SMILES string of the molecule is N/N=C\c1c(Cl)nc2sccn12. The summed E-state index contributed by atoms with van der Waals surface area (Å²) in [5.74, 6) is 5.02. The average molecular weight is 201 g/mol. The predicted molar refractivity (Wildman–Crippen MR) is 49.9 cm³/mol. The molecule has 2 aromatic heterocycles. The molecule has 0 aliphatic rings. The zero-order valence-corrected chi connectivity index (χ0v) is 7.51. The third-order valence-corrected chi connectivity index (χ3v) is 2.49. The number of hydrazone groups is 1. The average Bonchev–Trinajstić information content (AvgIpc) is 2.56. The van der Waals surface area contributed by atoms with E-state index in [0.717, 1.165) is 10.7 Å². The van der Waals surface area contributed by atoms with Crippen LogP contribution in [-0.2, 0) is 0 Å². The fourth-order valence-corrected chi connectivity index (χ4v) is 1.95. The van der Waals surface area contributed by atoms with Gasteiger partial charge in [-0.1, -0.05) is 11.6 Å². The topological polar surface area (TPSA) is 55.7 Å². The minimum atomic E-state index is 0.427. The third kappa shape index (κ3) is 0.981. The van der Waals surface area contributed by atoms with Crippen molar-refractivity contribution in [3.05, 3.63) is 22.4 Å². The number of hydrogen-bond donors (Lipinski definition) is 1. The first-order valence-corrected chi connectivity index (χ1v) is 4.43. The van der Waals surface area contributed by atoms with E-state index in [4.69, 9.17) is 17.4 Å². The zero-order valence-electron chi connectivity index (χ0n) is 5.94. The maximum absolute atomic E-state index is 5.82. The number of halogens is 1. The Morgan fingerprint density at radius 3 is 3.33 bits per heavy atom. The fraction of sp³-hybridized carbons (Fsp3) is 0. The molecule has 0 aromatic carbocycles. The summed E-state index contributed by atoms with van der Waals surface area (Å²) in [6, 6.07) is 0. The van der Waals surface area contributed by atoms with Crippen LogP contribution in [-0.4, -0.2) is 15.6 Å². The molecule has 6 heteroatoms. The van der Waals surface area contributed by atoms with Gasteiger partial charge in [-0.25, -0.2) is 4.98 Å². The van der Waals surface area contributed by atoms with Crippen molar-refractivity contribution in [2.75, 3.05) is 0 Å². The predicted octanol–water partition coefficient (Wildman–Crippen LogP) is 1.34. The molecule has 2 heterocycles. The first-order chi connectivity index (χ1) is 5.83. The molecule has 12 heavy (non-hydrogen) atoms. The van der Waals surface area contributed by atoms with Crippen LogP contribution in [0.2, 0.25) is 5.15 Å². The smallest absolute Gasteiger partial charge is 0.195 e. The van der Waals surface area contributed by atoms with Gasteiger partial charge in [-0.15, -0.1) is 11.3 Å². The van der Waals surface area contributed by atoms with Crippen LogP contribution in [0.3, 0.4) is 0 Å². The summed E-state index contributed by atoms with van der Waals surface area (Å²) in [7, 11) is 0. The molecule has 0 radical (unpaired) electrons. The Bertz CT molecular complexity index is 430. The van der Waals surface area contributed by atoms with Gasteiger partial charge in [-0.3, -0.25) is 4.40 Å². The summed E-state index contributed by atoms with van der Waals surface area (Å²) in [5, 5.41) is 5.75. The number of rotatable bonds is 1. The molecule has 0 atom stereocenters. The maximum atomic E-state index is 5.82. The Morgan fingerprint density at radius 1 is 1.75 bits per heavy atom. The lowest BCUT2D eigenvalue weighted by molar-refractivity contribution is 1.19. The van der Waals surface area contributed by atoms with Gasteiger partial charge in [0.25, 0.3) is 0 Å². The van der Waals surface area contributed by atoms with Gasteiger partial charge in [0.15, 0.2) is 10.1 Å². The van der Waals surface area contributed by atoms with Crippen molar-refractivity contribution in [2.45, 2.75) is 0 Å². The van der Waals surface area contributed by atoms with Crippen molar-refractivity contribution in [2.24, 2.45) is 10.9 Å². The number of nitrogens with two attached hydrogens (primary N) is 1. The summed E-state index contributed by atoms with van der Waals surface area (Å²) < 4.78 is 1.84. The van der Waals surface area contributed by atoms with E-state index < -0.39 is 0 Å². The quantitative estimate of drug-likeness (QED) is 0.429. The number of hydrogen-bond acceptors (Lipinski definition) is 4. The van der Waals surface area contributed by atoms with Gasteiger partial charge >= 0.3 is 0 Å². The number of imidazole rings is 1. The largest absolute Gasteiger partial charge is 0.323 e. The van der Waals surface area contributed by atoms with Gasteiger partial charge < -0.3 is 5.84 Å². The van der Waals surface area contributed by atoms with Crippen LogP contribution < -0.4 is 5.84 Å². The highest BCUT2D eigenvalue weighted by molar-refractivity contribution is 7.15. The Labute approximate surface area is 77.3 Å². The number of nitrogens with zero attached hydrogens (tertiary/aromatic N) is 3. The molecular formula is C6H5ClN4S. The van der Waals surface area contributed by atoms with Crippen molar-refractivity contribution >= 4 is 34.1 Å². The molecule has 0 saturated heterocycles. The lowest BCUT2D eigenvalue weighted by Gasteiger charge is -1.87. The molecule has 0 amide bonds. The Hall–Kier alpha value is -1.07. The van der Waals surface area contributed by atoms with Crippen molar-refractivity contribution < 1.29 is 0 Å². The molecular weight excluding hydrogens is 196 g/mol. The second-order valence-corrected chi connectivity index (χ2v) is 3.35. The van der Waals surface area contributed by atoms with Gasteiger partial charge in [-0.2, -0.15) is 5.10 Å². The molecule has 0 fully saturated rings. The van der Waals surface area contributed by atoms with Crippen LogP contribution in [0.25, 0.3) is 4.96 Å². The van der Waals surface area contributed by atoms with Gasteiger partial charge in [0.1, 0.15) is 5.69 Å². The van der Waals surface area contributed by atoms with Crippen molar-refractivity contribution in [3.8, 4) is 0 Å². The minimum absolute atomic E-state index is 0.427. The fourth-order valence-electron chi connectivity index (χ4n) is 0.963. The monoisotopic (exact) mass is 200 g/mol. The highest BCUT2D eigenvalue weighted by atomic mass is 35.5. The van der Waals surface area contributed by atoms with E-state index in [2.05, 4.69) is 10.1 Å². The lowest BCUT2D eigenvalue weighted by atomic mass is 10.5. The number of thiazole rings is 1. The summed E-state index contributed by atoms with van der Waals surface area (Å²) in [6.45, 7) is 0. The van der Waals surface area contributed by atoms with Crippen LogP contribution in [0.1, 0.15) is 5.69 Å². The Balaban J connectivity index is 2.75. The molecule has 62 valence electrons. The zero-order chi connectivity index (χ0) is 8.55. The molecule has 2 rings (SSSR count). The summed E-state index contributed by atoms with van der Waals surface area (Å²) >= 11 is 7.33. The van der Waals surface area contributed by atoms with E-state index in [1.54, 1.807) is 0 Å². The Morgan fingerprint density at radius 2 is 2.58 bits per heavy atom. The molecule has 0 aliphatic carbocycles. The number of fused-ring (bicyclic) bond motifs is 1. The normalized spacial score (nSPS) is 11.8. The second kappa shape index (κ2) is 2.76. The molecule has 2 N–H and O–H groups in total. The molecule has 0 saturated carbocycles. The highest BCUT2D eigenvalue weighted by Crippen LogP contribution is 2.19.